The standard InChI is InChI=1S/C17H31NO/c1-17(2,3)18-16(19)15(12-14-8-9-14)11-10-13-6-4-5-7-13/h13-15H,4-12H2,1-3H3,(H,18,19). The molecule has 0 aromatic carbocycles. The Bertz CT molecular complexity index is 295. The van der Waals surface area contributed by atoms with E-state index in [1.54, 1.807) is 0 Å². The van der Waals surface area contributed by atoms with Crippen LogP contribution in [0.2, 0.25) is 0 Å². The van der Waals surface area contributed by atoms with Gasteiger partial charge in [-0.1, -0.05) is 38.5 Å². The minimum Gasteiger partial charge on any atom is -0.351 e. The monoisotopic (exact) mass is 265 g/mol. The lowest BCUT2D eigenvalue weighted by atomic mass is 9.90. The first kappa shape index (κ1) is 14.9. The fraction of sp³-hybridized carbons (Fsp3) is 0.941. The minimum absolute atomic E-state index is 0.0910. The Morgan fingerprint density at radius 2 is 1.74 bits per heavy atom. The molecular weight excluding hydrogens is 234 g/mol. The van der Waals surface area contributed by atoms with Crippen LogP contribution in [-0.4, -0.2) is 11.4 Å². The first-order valence-corrected chi connectivity index (χ1v) is 8.26. The highest BCUT2D eigenvalue weighted by Gasteiger charge is 2.31. The summed E-state index contributed by atoms with van der Waals surface area (Å²) in [5.74, 6) is 2.33. The fourth-order valence-corrected chi connectivity index (χ4v) is 3.32. The van der Waals surface area contributed by atoms with Gasteiger partial charge in [-0.2, -0.15) is 0 Å². The lowest BCUT2D eigenvalue weighted by Crippen LogP contribution is -2.44. The van der Waals surface area contributed by atoms with Crippen LogP contribution in [0.3, 0.4) is 0 Å². The summed E-state index contributed by atoms with van der Waals surface area (Å²) in [5, 5.41) is 3.19. The number of carbonyl (C=O) groups is 1. The molecular formula is C17H31NO. The molecule has 2 fully saturated rings. The van der Waals surface area contributed by atoms with Crippen molar-refractivity contribution in [2.45, 2.75) is 84.1 Å². The van der Waals surface area contributed by atoms with Crippen molar-refractivity contribution in [2.75, 3.05) is 0 Å². The number of carbonyl (C=O) groups excluding carboxylic acids is 1. The maximum Gasteiger partial charge on any atom is 0.223 e. The van der Waals surface area contributed by atoms with Crippen LogP contribution >= 0.6 is 0 Å². The van der Waals surface area contributed by atoms with Gasteiger partial charge in [0.2, 0.25) is 5.91 Å². The second-order valence-electron chi connectivity index (χ2n) is 7.84. The molecule has 2 nitrogen and oxygen atoms in total. The van der Waals surface area contributed by atoms with E-state index in [1.807, 2.05) is 0 Å². The van der Waals surface area contributed by atoms with Gasteiger partial charge in [0.25, 0.3) is 0 Å². The second-order valence-corrected chi connectivity index (χ2v) is 7.84. The zero-order valence-corrected chi connectivity index (χ0v) is 13.0. The largest absolute Gasteiger partial charge is 0.351 e. The number of amides is 1. The molecule has 1 N–H and O–H groups in total. The van der Waals surface area contributed by atoms with Crippen LogP contribution in [0, 0.1) is 17.8 Å². The first-order valence-electron chi connectivity index (χ1n) is 8.26. The van der Waals surface area contributed by atoms with Gasteiger partial charge in [0.15, 0.2) is 0 Å². The van der Waals surface area contributed by atoms with Crippen molar-refractivity contribution < 1.29 is 4.79 Å². The van der Waals surface area contributed by atoms with Gasteiger partial charge in [-0.3, -0.25) is 4.79 Å². The average Bonchev–Trinajstić information content (AvgIpc) is 2.95. The fourth-order valence-electron chi connectivity index (χ4n) is 3.32. The predicted molar refractivity (Wildman–Crippen MR) is 79.9 cm³/mol. The van der Waals surface area contributed by atoms with E-state index in [2.05, 4.69) is 26.1 Å². The SMILES string of the molecule is CC(C)(C)NC(=O)C(CCC1CCCC1)CC1CC1. The molecule has 0 bridgehead atoms. The van der Waals surface area contributed by atoms with Crippen molar-refractivity contribution in [3.05, 3.63) is 0 Å². The Morgan fingerprint density at radius 3 is 2.26 bits per heavy atom. The normalized spacial score (nSPS) is 22.5. The first-order chi connectivity index (χ1) is 8.94. The molecule has 1 amide bonds. The van der Waals surface area contributed by atoms with E-state index in [0.29, 0.717) is 5.91 Å². The van der Waals surface area contributed by atoms with Gasteiger partial charge in [0.05, 0.1) is 0 Å². The summed E-state index contributed by atoms with van der Waals surface area (Å²) in [4.78, 5) is 12.4. The molecule has 0 spiro atoms. The zero-order valence-electron chi connectivity index (χ0n) is 13.0. The topological polar surface area (TPSA) is 29.1 Å². The third-order valence-electron chi connectivity index (χ3n) is 4.58. The number of rotatable bonds is 6. The van der Waals surface area contributed by atoms with Crippen LogP contribution in [0.5, 0.6) is 0 Å². The molecule has 2 aliphatic carbocycles. The van der Waals surface area contributed by atoms with Crippen molar-refractivity contribution in [1.29, 1.82) is 0 Å². The molecule has 0 aliphatic heterocycles. The minimum atomic E-state index is -0.0910. The molecule has 2 heteroatoms. The molecule has 0 aromatic rings. The summed E-state index contributed by atoms with van der Waals surface area (Å²) in [7, 11) is 0. The third kappa shape index (κ3) is 5.54. The molecule has 1 unspecified atom stereocenters. The summed E-state index contributed by atoms with van der Waals surface area (Å²) in [6.07, 6.45) is 11.8. The second kappa shape index (κ2) is 6.28. The molecule has 0 radical (unpaired) electrons. The Morgan fingerprint density at radius 1 is 1.11 bits per heavy atom. The van der Waals surface area contributed by atoms with E-state index >= 15 is 0 Å². The van der Waals surface area contributed by atoms with Crippen LogP contribution in [0.4, 0.5) is 0 Å². The van der Waals surface area contributed by atoms with Crippen LogP contribution in [0.15, 0.2) is 0 Å². The Kier molecular flexibility index (Phi) is 4.92. The summed E-state index contributed by atoms with van der Waals surface area (Å²) in [6.45, 7) is 6.24. The summed E-state index contributed by atoms with van der Waals surface area (Å²) in [5.41, 5.74) is -0.0910. The Balaban J connectivity index is 1.81. The molecule has 0 aromatic heterocycles. The molecule has 19 heavy (non-hydrogen) atoms. The molecule has 110 valence electrons. The number of hydrogen-bond acceptors (Lipinski definition) is 1. The number of nitrogens with one attached hydrogen (secondary N) is 1. The molecule has 2 saturated carbocycles. The van der Waals surface area contributed by atoms with Gasteiger partial charge in [-0.15, -0.1) is 0 Å². The smallest absolute Gasteiger partial charge is 0.223 e. The van der Waals surface area contributed by atoms with Gasteiger partial charge < -0.3 is 5.32 Å². The molecule has 1 atom stereocenters. The van der Waals surface area contributed by atoms with Crippen LogP contribution in [0.1, 0.15) is 78.6 Å². The van der Waals surface area contributed by atoms with E-state index in [0.717, 1.165) is 24.7 Å². The summed E-state index contributed by atoms with van der Waals surface area (Å²) in [6, 6.07) is 0. The van der Waals surface area contributed by atoms with E-state index < -0.39 is 0 Å². The summed E-state index contributed by atoms with van der Waals surface area (Å²) < 4.78 is 0. The maximum absolute atomic E-state index is 12.4. The van der Waals surface area contributed by atoms with Crippen molar-refractivity contribution in [2.24, 2.45) is 17.8 Å². The molecule has 0 heterocycles. The zero-order chi connectivity index (χ0) is 13.9. The summed E-state index contributed by atoms with van der Waals surface area (Å²) >= 11 is 0. The Labute approximate surface area is 118 Å². The van der Waals surface area contributed by atoms with Gasteiger partial charge in [0.1, 0.15) is 0 Å². The van der Waals surface area contributed by atoms with E-state index in [1.165, 1.54) is 44.9 Å². The van der Waals surface area contributed by atoms with E-state index in [9.17, 15) is 4.79 Å². The molecule has 0 saturated heterocycles. The maximum atomic E-state index is 12.4. The highest BCUT2D eigenvalue weighted by molar-refractivity contribution is 5.79. The average molecular weight is 265 g/mol. The van der Waals surface area contributed by atoms with Crippen LogP contribution in [0.25, 0.3) is 0 Å². The predicted octanol–water partition coefficient (Wildman–Crippen LogP) is 4.29. The van der Waals surface area contributed by atoms with E-state index in [-0.39, 0.29) is 11.5 Å². The van der Waals surface area contributed by atoms with Crippen LogP contribution < -0.4 is 5.32 Å². The van der Waals surface area contributed by atoms with Gasteiger partial charge >= 0.3 is 0 Å². The highest BCUT2D eigenvalue weighted by Crippen LogP contribution is 2.38. The van der Waals surface area contributed by atoms with Crippen LogP contribution in [-0.2, 0) is 4.79 Å². The van der Waals surface area contributed by atoms with Gasteiger partial charge in [-0.25, -0.2) is 0 Å². The van der Waals surface area contributed by atoms with Gasteiger partial charge in [0, 0.05) is 11.5 Å². The highest BCUT2D eigenvalue weighted by atomic mass is 16.2. The van der Waals surface area contributed by atoms with Crippen molar-refractivity contribution in [1.82, 2.24) is 5.32 Å². The van der Waals surface area contributed by atoms with E-state index in [4.69, 9.17) is 0 Å². The molecule has 2 rings (SSSR count). The van der Waals surface area contributed by atoms with Gasteiger partial charge in [-0.05, 0) is 51.9 Å². The third-order valence-corrected chi connectivity index (χ3v) is 4.58. The lowest BCUT2D eigenvalue weighted by molar-refractivity contribution is -0.127. The van der Waals surface area contributed by atoms with Crippen molar-refractivity contribution in [3.8, 4) is 0 Å². The molecule has 2 aliphatic rings. The lowest BCUT2D eigenvalue weighted by Gasteiger charge is -2.25. The quantitative estimate of drug-likeness (QED) is 0.762. The van der Waals surface area contributed by atoms with Crippen molar-refractivity contribution in [3.63, 3.8) is 0 Å². The number of hydrogen-bond donors (Lipinski definition) is 1. The van der Waals surface area contributed by atoms with Crippen molar-refractivity contribution >= 4 is 5.91 Å². The Hall–Kier alpha value is -0.530.